The smallest absolute Gasteiger partial charge is 0.327 e. The van der Waals surface area contributed by atoms with Crippen molar-refractivity contribution in [3.8, 4) is 0 Å². The predicted molar refractivity (Wildman–Crippen MR) is 134 cm³/mol. The molecule has 2 saturated heterocycles. The Morgan fingerprint density at radius 3 is 2.58 bits per heavy atom. The first-order chi connectivity index (χ1) is 16.8. The van der Waals surface area contributed by atoms with E-state index in [-0.39, 0.29) is 29.7 Å². The summed E-state index contributed by atoms with van der Waals surface area (Å²) in [6.45, 7) is 9.70. The average molecular weight is 523 g/mol. The Morgan fingerprint density at radius 2 is 2.03 bits per heavy atom. The zero-order valence-corrected chi connectivity index (χ0v) is 22.1. The van der Waals surface area contributed by atoms with E-state index in [0.717, 1.165) is 17.7 Å². The molecular weight excluding hydrogens is 488 g/mol. The van der Waals surface area contributed by atoms with Gasteiger partial charge in [-0.2, -0.15) is 0 Å². The number of amides is 4. The molecule has 4 amide bonds. The van der Waals surface area contributed by atoms with E-state index in [2.05, 4.69) is 5.32 Å². The number of carbonyl (C=O) groups is 4. The molecule has 0 aliphatic carbocycles. The molecule has 0 saturated carbocycles. The zero-order chi connectivity index (χ0) is 26.8. The number of rotatable bonds is 6. The fourth-order valence-corrected chi connectivity index (χ4v) is 4.65. The van der Waals surface area contributed by atoms with Crippen LogP contribution >= 0.6 is 11.6 Å². The predicted octanol–water partition coefficient (Wildman–Crippen LogP) is 3.18. The van der Waals surface area contributed by atoms with E-state index in [4.69, 9.17) is 26.8 Å². The number of hydrogen-bond acceptors (Lipinski definition) is 7. The minimum Gasteiger partial charge on any atom is -0.433 e. The number of likely N-dealkylation sites (tertiary alicyclic amines) is 1. The van der Waals surface area contributed by atoms with Crippen molar-refractivity contribution in [1.29, 1.82) is 0 Å². The van der Waals surface area contributed by atoms with E-state index in [1.54, 1.807) is 32.6 Å². The van der Waals surface area contributed by atoms with Gasteiger partial charge in [-0.05, 0) is 50.3 Å². The average Bonchev–Trinajstić information content (AvgIpc) is 3.38. The van der Waals surface area contributed by atoms with Gasteiger partial charge < -0.3 is 25.4 Å². The summed E-state index contributed by atoms with van der Waals surface area (Å²) >= 11 is 6.08. The van der Waals surface area contributed by atoms with Crippen LogP contribution in [0.2, 0.25) is 5.02 Å². The third-order valence-corrected chi connectivity index (χ3v) is 6.82. The molecule has 0 radical (unpaired) electrons. The number of nitrogens with two attached hydrogens (primary N) is 1. The number of urea groups is 1. The minimum atomic E-state index is -1.11. The van der Waals surface area contributed by atoms with E-state index in [1.807, 2.05) is 6.92 Å². The number of halogens is 1. The van der Waals surface area contributed by atoms with Gasteiger partial charge in [0, 0.05) is 24.8 Å². The van der Waals surface area contributed by atoms with E-state index >= 15 is 0 Å². The van der Waals surface area contributed by atoms with E-state index in [0.29, 0.717) is 12.2 Å². The highest BCUT2D eigenvalue weighted by Gasteiger charge is 2.49. The van der Waals surface area contributed by atoms with Gasteiger partial charge in [0.05, 0.1) is 17.1 Å². The molecule has 2 aliphatic rings. The molecule has 0 bridgehead atoms. The summed E-state index contributed by atoms with van der Waals surface area (Å²) in [6, 6.07) is 1.75. The number of esters is 1. The quantitative estimate of drug-likeness (QED) is 0.433. The van der Waals surface area contributed by atoms with Crippen molar-refractivity contribution in [2.75, 3.05) is 18.9 Å². The fourth-order valence-electron chi connectivity index (χ4n) is 4.47. The number of nitrogens with zero attached hydrogens (tertiary/aromatic N) is 2. The molecule has 3 N–H and O–H groups in total. The molecule has 1 aromatic rings. The first kappa shape index (κ1) is 27.7. The molecular formula is C25H35ClN4O6. The molecule has 2 fully saturated rings. The van der Waals surface area contributed by atoms with Crippen molar-refractivity contribution in [1.82, 2.24) is 15.1 Å². The topological polar surface area (TPSA) is 131 Å². The lowest BCUT2D eigenvalue weighted by Gasteiger charge is -2.39. The second-order valence-corrected chi connectivity index (χ2v) is 10.7. The van der Waals surface area contributed by atoms with Crippen LogP contribution in [0, 0.1) is 5.41 Å². The summed E-state index contributed by atoms with van der Waals surface area (Å²) in [5.41, 5.74) is 5.50. The maximum absolute atomic E-state index is 14.1. The van der Waals surface area contributed by atoms with Crippen LogP contribution in [0.4, 0.5) is 10.5 Å². The number of hydrogen-bond donors (Lipinski definition) is 2. The first-order valence-corrected chi connectivity index (χ1v) is 12.5. The van der Waals surface area contributed by atoms with Crippen LogP contribution in [0.15, 0.2) is 18.2 Å². The number of benzene rings is 1. The normalized spacial score (nSPS) is 22.8. The standard InChI is InChI=1S/C25H35ClN4O6/c1-6-35-23-18(13-19(31)36-23)30(24(34)29-11-7-8-14(29)2)22(33)20(25(3,4)5)28-21(32)15-9-10-17(27)16(26)12-15/h9-10,12,14,18,20,23H,6-8,11,13,27H2,1-5H3,(H,28,32)/t14-,18+,20-,23-/m1/s1. The third kappa shape index (κ3) is 5.92. The Kier molecular flexibility index (Phi) is 8.51. The number of cyclic esters (lactones) is 1. The van der Waals surface area contributed by atoms with Gasteiger partial charge in [-0.1, -0.05) is 32.4 Å². The van der Waals surface area contributed by atoms with Crippen LogP contribution in [0.3, 0.4) is 0 Å². The zero-order valence-electron chi connectivity index (χ0n) is 21.4. The van der Waals surface area contributed by atoms with Crippen molar-refractivity contribution < 1.29 is 28.7 Å². The maximum atomic E-state index is 14.1. The van der Waals surface area contributed by atoms with Gasteiger partial charge in [0.2, 0.25) is 6.29 Å². The molecule has 36 heavy (non-hydrogen) atoms. The fraction of sp³-hybridized carbons (Fsp3) is 0.600. The van der Waals surface area contributed by atoms with Crippen molar-refractivity contribution in [2.45, 2.75) is 78.3 Å². The number of ether oxygens (including phenoxy) is 2. The Morgan fingerprint density at radius 1 is 1.33 bits per heavy atom. The summed E-state index contributed by atoms with van der Waals surface area (Å²) in [4.78, 5) is 55.9. The minimum absolute atomic E-state index is 0.0732. The molecule has 0 aromatic heterocycles. The van der Waals surface area contributed by atoms with Gasteiger partial charge >= 0.3 is 12.0 Å². The SMILES string of the molecule is CCO[C@@H]1OC(=O)C[C@@H]1N(C(=O)[C@@H](NC(=O)c1ccc(N)c(Cl)c1)C(C)(C)C)C(=O)N1CCC[C@H]1C. The van der Waals surface area contributed by atoms with E-state index < -0.39 is 47.6 Å². The van der Waals surface area contributed by atoms with Crippen molar-refractivity contribution in [3.05, 3.63) is 28.8 Å². The second-order valence-electron chi connectivity index (χ2n) is 10.3. The van der Waals surface area contributed by atoms with Gasteiger partial charge in [-0.15, -0.1) is 0 Å². The maximum Gasteiger partial charge on any atom is 0.327 e. The second kappa shape index (κ2) is 11.0. The van der Waals surface area contributed by atoms with Crippen LogP contribution in [-0.4, -0.2) is 71.2 Å². The molecule has 3 rings (SSSR count). The molecule has 2 aliphatic heterocycles. The van der Waals surface area contributed by atoms with Crippen molar-refractivity contribution in [3.63, 3.8) is 0 Å². The van der Waals surface area contributed by atoms with Gasteiger partial charge in [-0.25, -0.2) is 4.79 Å². The Labute approximate surface area is 216 Å². The summed E-state index contributed by atoms with van der Waals surface area (Å²) in [5, 5.41) is 2.98. The lowest BCUT2D eigenvalue weighted by atomic mass is 9.85. The van der Waals surface area contributed by atoms with Gasteiger partial charge in [0.1, 0.15) is 12.1 Å². The van der Waals surface area contributed by atoms with E-state index in [1.165, 1.54) is 18.2 Å². The lowest BCUT2D eigenvalue weighted by molar-refractivity contribution is -0.169. The highest BCUT2D eigenvalue weighted by Crippen LogP contribution is 2.30. The molecule has 2 heterocycles. The molecule has 0 unspecified atom stereocenters. The number of nitrogens with one attached hydrogen (secondary N) is 1. The summed E-state index contributed by atoms with van der Waals surface area (Å²) in [5.74, 6) is -1.76. The highest BCUT2D eigenvalue weighted by molar-refractivity contribution is 6.33. The van der Waals surface area contributed by atoms with Gasteiger partial charge in [0.15, 0.2) is 0 Å². The van der Waals surface area contributed by atoms with Gasteiger partial charge in [0.25, 0.3) is 11.8 Å². The molecule has 4 atom stereocenters. The molecule has 11 heteroatoms. The third-order valence-electron chi connectivity index (χ3n) is 6.49. The van der Waals surface area contributed by atoms with Crippen LogP contribution in [0.5, 0.6) is 0 Å². The molecule has 10 nitrogen and oxygen atoms in total. The number of anilines is 1. The largest absolute Gasteiger partial charge is 0.433 e. The molecule has 198 valence electrons. The van der Waals surface area contributed by atoms with Crippen LogP contribution < -0.4 is 11.1 Å². The Hall–Kier alpha value is -2.85. The first-order valence-electron chi connectivity index (χ1n) is 12.2. The summed E-state index contributed by atoms with van der Waals surface area (Å²) < 4.78 is 10.9. The lowest BCUT2D eigenvalue weighted by Crippen LogP contribution is -2.62. The van der Waals surface area contributed by atoms with Crippen LogP contribution in [0.25, 0.3) is 0 Å². The Bertz CT molecular complexity index is 1030. The van der Waals surface area contributed by atoms with Crippen LogP contribution in [0.1, 0.15) is 64.2 Å². The molecule has 1 aromatic carbocycles. The molecule has 0 spiro atoms. The van der Waals surface area contributed by atoms with Crippen LogP contribution in [-0.2, 0) is 19.1 Å². The Balaban J connectivity index is 1.98. The summed E-state index contributed by atoms with van der Waals surface area (Å²) in [6.07, 6.45) is 0.338. The van der Waals surface area contributed by atoms with Crippen molar-refractivity contribution in [2.24, 2.45) is 5.41 Å². The number of imide groups is 1. The monoisotopic (exact) mass is 522 g/mol. The van der Waals surface area contributed by atoms with Crippen molar-refractivity contribution >= 4 is 41.1 Å². The number of carbonyl (C=O) groups excluding carboxylic acids is 4. The van der Waals surface area contributed by atoms with Gasteiger partial charge in [-0.3, -0.25) is 19.3 Å². The highest BCUT2D eigenvalue weighted by atomic mass is 35.5. The number of nitrogen functional groups attached to an aromatic ring is 1. The van der Waals surface area contributed by atoms with E-state index in [9.17, 15) is 19.2 Å². The summed E-state index contributed by atoms with van der Waals surface area (Å²) in [7, 11) is 0.